The Bertz CT molecular complexity index is 877. The van der Waals surface area contributed by atoms with Crippen molar-refractivity contribution in [2.24, 2.45) is 5.10 Å². The summed E-state index contributed by atoms with van der Waals surface area (Å²) in [5.41, 5.74) is 5.93. The Balaban J connectivity index is 1.82. The molecular formula is C18H12N2O. The lowest BCUT2D eigenvalue weighted by Crippen LogP contribution is -2.11. The molecule has 3 nitrogen and oxygen atoms in total. The molecule has 3 heteroatoms. The van der Waals surface area contributed by atoms with Crippen molar-refractivity contribution in [1.82, 2.24) is 0 Å². The molecule has 0 aromatic heterocycles. The number of para-hydroxylation sites is 1. The van der Waals surface area contributed by atoms with Crippen molar-refractivity contribution in [1.29, 1.82) is 0 Å². The lowest BCUT2D eigenvalue weighted by atomic mass is 10.1. The van der Waals surface area contributed by atoms with E-state index < -0.39 is 0 Å². The molecule has 100 valence electrons. The van der Waals surface area contributed by atoms with Gasteiger partial charge in [-0.05, 0) is 17.5 Å². The molecule has 0 saturated carbocycles. The number of anilines is 1. The van der Waals surface area contributed by atoms with Crippen molar-refractivity contribution < 1.29 is 4.79 Å². The van der Waals surface area contributed by atoms with Crippen molar-refractivity contribution in [3.63, 3.8) is 0 Å². The number of hydrogen-bond donors (Lipinski definition) is 1. The van der Waals surface area contributed by atoms with E-state index in [2.05, 4.69) is 10.5 Å². The smallest absolute Gasteiger partial charge is 0.214 e. The largest absolute Gasteiger partial charge is 0.287 e. The molecule has 21 heavy (non-hydrogen) atoms. The van der Waals surface area contributed by atoms with Crippen LogP contribution in [0.4, 0.5) is 5.69 Å². The zero-order valence-electron chi connectivity index (χ0n) is 11.2. The standard InChI is InChI=1S/C18H12N2O/c21-18-15-11-5-7-12-6-4-10-14(16(12)15)17(18)20-19-13-8-2-1-3-9-13/h1-11,19H. The molecule has 0 aliphatic heterocycles. The first kappa shape index (κ1) is 11.9. The fourth-order valence-corrected chi connectivity index (χ4v) is 2.72. The number of ketones is 1. The molecule has 3 aromatic carbocycles. The third kappa shape index (κ3) is 1.82. The molecule has 3 aromatic rings. The van der Waals surface area contributed by atoms with Crippen LogP contribution >= 0.6 is 0 Å². The van der Waals surface area contributed by atoms with E-state index in [0.29, 0.717) is 5.71 Å². The zero-order chi connectivity index (χ0) is 14.2. The van der Waals surface area contributed by atoms with Crippen LogP contribution in [0, 0.1) is 0 Å². The molecular weight excluding hydrogens is 260 g/mol. The van der Waals surface area contributed by atoms with Crippen molar-refractivity contribution in [3.8, 4) is 0 Å². The number of nitrogens with zero attached hydrogens (tertiary/aromatic N) is 1. The second-order valence-corrected chi connectivity index (χ2v) is 4.98. The molecule has 0 saturated heterocycles. The van der Waals surface area contributed by atoms with E-state index in [1.165, 1.54) is 0 Å². The van der Waals surface area contributed by atoms with Crippen LogP contribution in [0.25, 0.3) is 10.8 Å². The van der Waals surface area contributed by atoms with Crippen molar-refractivity contribution in [3.05, 3.63) is 77.9 Å². The minimum absolute atomic E-state index is 0.0229. The number of hydrazone groups is 1. The van der Waals surface area contributed by atoms with Crippen molar-refractivity contribution in [2.75, 3.05) is 5.43 Å². The summed E-state index contributed by atoms with van der Waals surface area (Å²) in [7, 11) is 0. The summed E-state index contributed by atoms with van der Waals surface area (Å²) in [6.45, 7) is 0. The van der Waals surface area contributed by atoms with Gasteiger partial charge < -0.3 is 0 Å². The maximum Gasteiger partial charge on any atom is 0.214 e. The van der Waals surface area contributed by atoms with Crippen LogP contribution in [0.1, 0.15) is 15.9 Å². The predicted octanol–water partition coefficient (Wildman–Crippen LogP) is 3.85. The lowest BCUT2D eigenvalue weighted by Gasteiger charge is -2.02. The Morgan fingerprint density at radius 3 is 2.24 bits per heavy atom. The Kier molecular flexibility index (Phi) is 2.57. The van der Waals surface area contributed by atoms with Gasteiger partial charge in [-0.15, -0.1) is 0 Å². The average Bonchev–Trinajstić information content (AvgIpc) is 2.81. The second kappa shape index (κ2) is 4.56. The third-order valence-corrected chi connectivity index (χ3v) is 3.69. The molecule has 1 aliphatic carbocycles. The van der Waals surface area contributed by atoms with E-state index in [9.17, 15) is 4.79 Å². The van der Waals surface area contributed by atoms with Gasteiger partial charge in [0.1, 0.15) is 5.71 Å². The van der Waals surface area contributed by atoms with Gasteiger partial charge in [-0.25, -0.2) is 0 Å². The third-order valence-electron chi connectivity index (χ3n) is 3.69. The van der Waals surface area contributed by atoms with Gasteiger partial charge in [0, 0.05) is 16.5 Å². The molecule has 0 spiro atoms. The van der Waals surface area contributed by atoms with Crippen molar-refractivity contribution in [2.45, 2.75) is 0 Å². The highest BCUT2D eigenvalue weighted by molar-refractivity contribution is 6.59. The zero-order valence-corrected chi connectivity index (χ0v) is 11.2. The average molecular weight is 272 g/mol. The fraction of sp³-hybridized carbons (Fsp3) is 0. The Hall–Kier alpha value is -2.94. The van der Waals surface area contributed by atoms with E-state index in [1.54, 1.807) is 0 Å². The maximum absolute atomic E-state index is 12.5. The fourth-order valence-electron chi connectivity index (χ4n) is 2.72. The van der Waals surface area contributed by atoms with Gasteiger partial charge in [0.15, 0.2) is 0 Å². The van der Waals surface area contributed by atoms with Gasteiger partial charge in [-0.1, -0.05) is 54.6 Å². The molecule has 0 heterocycles. The minimum atomic E-state index is -0.0229. The number of rotatable bonds is 2. The highest BCUT2D eigenvalue weighted by Crippen LogP contribution is 2.31. The molecule has 0 fully saturated rings. The van der Waals surface area contributed by atoms with Crippen LogP contribution < -0.4 is 5.43 Å². The molecule has 0 unspecified atom stereocenters. The van der Waals surface area contributed by atoms with Gasteiger partial charge in [0.25, 0.3) is 0 Å². The molecule has 0 bridgehead atoms. The van der Waals surface area contributed by atoms with Crippen LogP contribution in [0.5, 0.6) is 0 Å². The molecule has 0 atom stereocenters. The molecule has 0 amide bonds. The SMILES string of the molecule is O=C1C(=NNc2ccccc2)c2cccc3cccc1c23. The van der Waals surface area contributed by atoms with Crippen LogP contribution in [0.3, 0.4) is 0 Å². The first-order chi connectivity index (χ1) is 10.3. The van der Waals surface area contributed by atoms with E-state index >= 15 is 0 Å². The van der Waals surface area contributed by atoms with Gasteiger partial charge >= 0.3 is 0 Å². The highest BCUT2D eigenvalue weighted by atomic mass is 16.1. The van der Waals surface area contributed by atoms with Crippen LogP contribution in [-0.4, -0.2) is 11.5 Å². The quantitative estimate of drug-likeness (QED) is 0.720. The van der Waals surface area contributed by atoms with E-state index in [4.69, 9.17) is 0 Å². The molecule has 1 aliphatic rings. The summed E-state index contributed by atoms with van der Waals surface area (Å²) in [4.78, 5) is 12.5. The van der Waals surface area contributed by atoms with E-state index in [-0.39, 0.29) is 5.78 Å². The summed E-state index contributed by atoms with van der Waals surface area (Å²) in [5, 5.41) is 6.40. The predicted molar refractivity (Wildman–Crippen MR) is 84.9 cm³/mol. The van der Waals surface area contributed by atoms with Crippen LogP contribution in [-0.2, 0) is 0 Å². The van der Waals surface area contributed by atoms with Gasteiger partial charge in [0.2, 0.25) is 5.78 Å². The van der Waals surface area contributed by atoms with Crippen molar-refractivity contribution >= 4 is 28.0 Å². The number of nitrogens with one attached hydrogen (secondary N) is 1. The summed E-state index contributed by atoms with van der Waals surface area (Å²) in [6.07, 6.45) is 0. The normalized spacial score (nSPS) is 14.9. The van der Waals surface area contributed by atoms with Crippen LogP contribution in [0.2, 0.25) is 0 Å². The number of carbonyl (C=O) groups is 1. The van der Waals surface area contributed by atoms with E-state index in [1.807, 2.05) is 66.7 Å². The first-order valence-electron chi connectivity index (χ1n) is 6.80. The van der Waals surface area contributed by atoms with Crippen LogP contribution in [0.15, 0.2) is 71.8 Å². The van der Waals surface area contributed by atoms with E-state index in [0.717, 1.165) is 27.6 Å². The summed E-state index contributed by atoms with van der Waals surface area (Å²) >= 11 is 0. The summed E-state index contributed by atoms with van der Waals surface area (Å²) < 4.78 is 0. The highest BCUT2D eigenvalue weighted by Gasteiger charge is 2.28. The van der Waals surface area contributed by atoms with Gasteiger partial charge in [-0.2, -0.15) is 5.10 Å². The lowest BCUT2D eigenvalue weighted by molar-refractivity contribution is 0.107. The van der Waals surface area contributed by atoms with Gasteiger partial charge in [-0.3, -0.25) is 10.2 Å². The number of benzene rings is 3. The Morgan fingerprint density at radius 2 is 1.48 bits per heavy atom. The maximum atomic E-state index is 12.5. The Labute approximate surface area is 121 Å². The molecule has 4 rings (SSSR count). The summed E-state index contributed by atoms with van der Waals surface area (Å²) in [6, 6.07) is 21.3. The number of Topliss-reactive ketones (excluding diaryl/α,β-unsaturated/α-hetero) is 1. The topological polar surface area (TPSA) is 41.5 Å². The number of carbonyl (C=O) groups excluding carboxylic acids is 1. The second-order valence-electron chi connectivity index (χ2n) is 4.98. The van der Waals surface area contributed by atoms with Gasteiger partial charge in [0.05, 0.1) is 5.69 Å². The first-order valence-corrected chi connectivity index (χ1v) is 6.80. The number of hydrogen-bond acceptors (Lipinski definition) is 3. The summed E-state index contributed by atoms with van der Waals surface area (Å²) in [5.74, 6) is -0.0229. The molecule has 0 radical (unpaired) electrons. The monoisotopic (exact) mass is 272 g/mol. The minimum Gasteiger partial charge on any atom is -0.287 e. The molecule has 1 N–H and O–H groups in total. The Morgan fingerprint density at radius 1 is 0.762 bits per heavy atom.